The van der Waals surface area contributed by atoms with E-state index in [-0.39, 0.29) is 18.0 Å². The Morgan fingerprint density at radius 2 is 2.05 bits per heavy atom. The normalized spacial score (nSPS) is 10.2. The summed E-state index contributed by atoms with van der Waals surface area (Å²) in [5.74, 6) is -0.539. The van der Waals surface area contributed by atoms with Crippen LogP contribution in [-0.4, -0.2) is 17.1 Å². The van der Waals surface area contributed by atoms with Crippen molar-refractivity contribution in [2.24, 2.45) is 0 Å². The minimum atomic E-state index is -0.539. The molecule has 108 valence electrons. The van der Waals surface area contributed by atoms with E-state index >= 15 is 0 Å². The molecule has 6 heteroatoms. The minimum Gasteiger partial charge on any atom is -0.461 e. The Balaban J connectivity index is 2.72. The molecule has 0 saturated heterocycles. The summed E-state index contributed by atoms with van der Waals surface area (Å²) in [4.78, 5) is 12.2. The maximum atomic E-state index is 12.2. The van der Waals surface area contributed by atoms with Gasteiger partial charge in [0.15, 0.2) is 5.69 Å². The number of anilines is 1. The van der Waals surface area contributed by atoms with Crippen LogP contribution < -0.4 is 5.73 Å². The van der Waals surface area contributed by atoms with Gasteiger partial charge in [0.2, 0.25) is 0 Å². The van der Waals surface area contributed by atoms with Crippen LogP contribution in [0.1, 0.15) is 28.7 Å². The molecule has 0 unspecified atom stereocenters. The first-order valence-corrected chi connectivity index (χ1v) is 7.14. The third-order valence-electron chi connectivity index (χ3n) is 3.11. The van der Waals surface area contributed by atoms with Crippen molar-refractivity contribution in [3.63, 3.8) is 0 Å². The Labute approximate surface area is 131 Å². The molecule has 0 atom stereocenters. The highest BCUT2D eigenvalue weighted by molar-refractivity contribution is 9.10. The second-order valence-electron chi connectivity index (χ2n) is 4.37. The number of aromatic nitrogens is 1. The first-order chi connectivity index (χ1) is 10.0. The van der Waals surface area contributed by atoms with E-state index in [2.05, 4.69) is 15.9 Å². The fraction of sp³-hybridized carbons (Fsp3) is 0.200. The van der Waals surface area contributed by atoms with E-state index in [0.717, 1.165) is 10.2 Å². The van der Waals surface area contributed by atoms with Crippen molar-refractivity contribution in [3.05, 3.63) is 45.7 Å². The predicted molar refractivity (Wildman–Crippen MR) is 83.3 cm³/mol. The van der Waals surface area contributed by atoms with Crippen LogP contribution in [0.2, 0.25) is 0 Å². The molecule has 0 bridgehead atoms. The summed E-state index contributed by atoms with van der Waals surface area (Å²) in [5.41, 5.74) is 7.94. The van der Waals surface area contributed by atoms with Crippen LogP contribution in [0.3, 0.4) is 0 Å². The van der Waals surface area contributed by atoms with Gasteiger partial charge in [-0.2, -0.15) is 5.26 Å². The maximum absolute atomic E-state index is 12.2. The lowest BCUT2D eigenvalue weighted by Gasteiger charge is -2.11. The van der Waals surface area contributed by atoms with Crippen LogP contribution in [0.25, 0.3) is 5.69 Å². The number of carbonyl (C=O) groups excluding carboxylic acids is 1. The van der Waals surface area contributed by atoms with E-state index < -0.39 is 5.97 Å². The van der Waals surface area contributed by atoms with E-state index in [4.69, 9.17) is 10.5 Å². The summed E-state index contributed by atoms with van der Waals surface area (Å²) < 4.78 is 7.62. The van der Waals surface area contributed by atoms with Gasteiger partial charge in [-0.3, -0.25) is 0 Å². The third-order valence-corrected chi connectivity index (χ3v) is 3.64. The number of halogens is 1. The predicted octanol–water partition coefficient (Wildman–Crippen LogP) is 3.18. The molecular weight excluding hydrogens is 334 g/mol. The first-order valence-electron chi connectivity index (χ1n) is 6.35. The van der Waals surface area contributed by atoms with Gasteiger partial charge >= 0.3 is 5.97 Å². The lowest BCUT2D eigenvalue weighted by molar-refractivity contribution is 0.0518. The summed E-state index contributed by atoms with van der Waals surface area (Å²) in [6.07, 6.45) is 0. The Morgan fingerprint density at radius 3 is 2.57 bits per heavy atom. The summed E-state index contributed by atoms with van der Waals surface area (Å²) in [5, 5.41) is 9.24. The smallest absolute Gasteiger partial charge is 0.357 e. The van der Waals surface area contributed by atoms with E-state index in [9.17, 15) is 10.1 Å². The number of ether oxygens (including phenoxy) is 1. The molecule has 0 aliphatic carbocycles. The zero-order valence-electron chi connectivity index (χ0n) is 11.7. The molecular formula is C15H14BrN3O2. The molecule has 2 rings (SSSR count). The lowest BCUT2D eigenvalue weighted by atomic mass is 10.2. The van der Waals surface area contributed by atoms with Gasteiger partial charge in [0, 0.05) is 15.9 Å². The van der Waals surface area contributed by atoms with Crippen molar-refractivity contribution < 1.29 is 9.53 Å². The monoisotopic (exact) mass is 347 g/mol. The Bertz CT molecular complexity index is 727. The zero-order chi connectivity index (χ0) is 15.6. The van der Waals surface area contributed by atoms with E-state index in [1.165, 1.54) is 0 Å². The molecule has 0 amide bonds. The van der Waals surface area contributed by atoms with Crippen molar-refractivity contribution >= 4 is 27.6 Å². The second-order valence-corrected chi connectivity index (χ2v) is 5.28. The van der Waals surface area contributed by atoms with Gasteiger partial charge in [0.05, 0.1) is 17.9 Å². The first kappa shape index (κ1) is 15.1. The third kappa shape index (κ3) is 2.65. The van der Waals surface area contributed by atoms with Gasteiger partial charge in [0.25, 0.3) is 0 Å². The van der Waals surface area contributed by atoms with Crippen molar-refractivity contribution in [1.29, 1.82) is 5.26 Å². The van der Waals surface area contributed by atoms with Crippen LogP contribution in [0, 0.1) is 18.3 Å². The van der Waals surface area contributed by atoms with Crippen LogP contribution in [0.5, 0.6) is 0 Å². The quantitative estimate of drug-likeness (QED) is 0.864. The molecule has 1 aromatic heterocycles. The van der Waals surface area contributed by atoms with Crippen molar-refractivity contribution in [2.75, 3.05) is 12.3 Å². The minimum absolute atomic E-state index is 0.149. The maximum Gasteiger partial charge on any atom is 0.357 e. The van der Waals surface area contributed by atoms with Gasteiger partial charge in [-0.15, -0.1) is 0 Å². The highest BCUT2D eigenvalue weighted by Crippen LogP contribution is 2.29. The number of carbonyl (C=O) groups is 1. The van der Waals surface area contributed by atoms with Crippen LogP contribution >= 0.6 is 15.9 Å². The molecule has 0 aliphatic heterocycles. The molecule has 0 aliphatic rings. The second kappa shape index (κ2) is 6.02. The van der Waals surface area contributed by atoms with Gasteiger partial charge in [0.1, 0.15) is 6.07 Å². The average molecular weight is 348 g/mol. The largest absolute Gasteiger partial charge is 0.461 e. The Morgan fingerprint density at radius 1 is 1.43 bits per heavy atom. The highest BCUT2D eigenvalue weighted by atomic mass is 79.9. The summed E-state index contributed by atoms with van der Waals surface area (Å²) in [6, 6.07) is 9.41. The molecule has 2 aromatic rings. The number of esters is 1. The molecule has 0 radical (unpaired) electrons. The van der Waals surface area contributed by atoms with E-state index in [1.807, 2.05) is 30.3 Å². The molecule has 0 spiro atoms. The number of nitrogen functional groups attached to an aromatic ring is 1. The number of nitriles is 1. The molecule has 21 heavy (non-hydrogen) atoms. The Kier molecular flexibility index (Phi) is 4.34. The zero-order valence-corrected chi connectivity index (χ0v) is 13.3. The van der Waals surface area contributed by atoms with Gasteiger partial charge in [-0.1, -0.05) is 15.9 Å². The molecule has 2 N–H and O–H groups in total. The average Bonchev–Trinajstić information content (AvgIpc) is 2.71. The van der Waals surface area contributed by atoms with E-state index in [0.29, 0.717) is 11.3 Å². The SMILES string of the molecule is CCOC(=O)c1c(N)c(C#N)c(C)n1-c1ccc(Br)cc1. The van der Waals surface area contributed by atoms with E-state index in [1.54, 1.807) is 18.4 Å². The fourth-order valence-electron chi connectivity index (χ4n) is 2.17. The summed E-state index contributed by atoms with van der Waals surface area (Å²) >= 11 is 3.36. The van der Waals surface area contributed by atoms with Gasteiger partial charge in [-0.25, -0.2) is 4.79 Å². The summed E-state index contributed by atoms with van der Waals surface area (Å²) in [6.45, 7) is 3.71. The van der Waals surface area contributed by atoms with Crippen molar-refractivity contribution in [1.82, 2.24) is 4.57 Å². The molecule has 5 nitrogen and oxygen atoms in total. The number of benzene rings is 1. The fourth-order valence-corrected chi connectivity index (χ4v) is 2.43. The number of hydrogen-bond acceptors (Lipinski definition) is 4. The van der Waals surface area contributed by atoms with Gasteiger partial charge < -0.3 is 15.0 Å². The number of hydrogen-bond donors (Lipinski definition) is 1. The molecule has 1 heterocycles. The number of rotatable bonds is 3. The molecule has 0 fully saturated rings. The number of nitrogens with zero attached hydrogens (tertiary/aromatic N) is 2. The van der Waals surface area contributed by atoms with Crippen molar-refractivity contribution in [2.45, 2.75) is 13.8 Å². The Hall–Kier alpha value is -2.26. The molecule has 0 saturated carbocycles. The lowest BCUT2D eigenvalue weighted by Crippen LogP contribution is -2.13. The highest BCUT2D eigenvalue weighted by Gasteiger charge is 2.25. The van der Waals surface area contributed by atoms with Gasteiger partial charge in [-0.05, 0) is 38.1 Å². The molecule has 1 aromatic carbocycles. The van der Waals surface area contributed by atoms with Crippen LogP contribution in [-0.2, 0) is 4.74 Å². The summed E-state index contributed by atoms with van der Waals surface area (Å²) in [7, 11) is 0. The standard InChI is InChI=1S/C15H14BrN3O2/c1-3-21-15(20)14-13(18)12(8-17)9(2)19(14)11-6-4-10(16)5-7-11/h4-7H,3,18H2,1-2H3. The van der Waals surface area contributed by atoms with Crippen LogP contribution in [0.4, 0.5) is 5.69 Å². The van der Waals surface area contributed by atoms with Crippen molar-refractivity contribution in [3.8, 4) is 11.8 Å². The van der Waals surface area contributed by atoms with Crippen LogP contribution in [0.15, 0.2) is 28.7 Å². The number of nitrogens with two attached hydrogens (primary N) is 1. The topological polar surface area (TPSA) is 81.0 Å².